The van der Waals surface area contributed by atoms with Gasteiger partial charge in [-0.1, -0.05) is 6.92 Å². The van der Waals surface area contributed by atoms with E-state index >= 15 is 0 Å². The van der Waals surface area contributed by atoms with Crippen molar-refractivity contribution in [2.75, 3.05) is 11.9 Å². The zero-order chi connectivity index (χ0) is 13.2. The summed E-state index contributed by atoms with van der Waals surface area (Å²) >= 11 is 0. The third-order valence-electron chi connectivity index (χ3n) is 3.16. The Bertz CT molecular complexity index is 567. The molecule has 0 aliphatic heterocycles. The number of aliphatic carboxylic acids is 1. The Hall–Kier alpha value is -2.18. The molecule has 0 aliphatic rings. The Balaban J connectivity index is 2.20. The van der Waals surface area contributed by atoms with E-state index in [1.807, 2.05) is 6.92 Å². The smallest absolute Gasteiger partial charge is 0.311 e. The van der Waals surface area contributed by atoms with Gasteiger partial charge in [-0.2, -0.15) is 0 Å². The maximum Gasteiger partial charge on any atom is 0.311 e. The molecule has 0 radical (unpaired) electrons. The molecular weight excluding hydrogens is 234 g/mol. The molecule has 0 spiro atoms. The van der Waals surface area contributed by atoms with Crippen molar-refractivity contribution < 1.29 is 9.90 Å². The first kappa shape index (κ1) is 12.3. The topological polar surface area (TPSA) is 92.4 Å². The Morgan fingerprint density at radius 1 is 1.61 bits per heavy atom. The van der Waals surface area contributed by atoms with Gasteiger partial charge in [-0.25, -0.2) is 4.98 Å². The van der Waals surface area contributed by atoms with Crippen LogP contribution in [0.15, 0.2) is 18.7 Å². The summed E-state index contributed by atoms with van der Waals surface area (Å²) in [5.74, 6) is -0.290. The fraction of sp³-hybridized carbons (Fsp3) is 0.455. The molecule has 0 aromatic carbocycles. The summed E-state index contributed by atoms with van der Waals surface area (Å²) in [7, 11) is 0. The maximum absolute atomic E-state index is 11.2. The molecule has 2 aromatic heterocycles. The average Bonchev–Trinajstić information content (AvgIpc) is 2.84. The number of aromatic nitrogens is 4. The predicted molar refractivity (Wildman–Crippen MR) is 65.3 cm³/mol. The molecule has 2 N–H and O–H groups in total. The van der Waals surface area contributed by atoms with Gasteiger partial charge in [0.1, 0.15) is 6.33 Å². The molecule has 18 heavy (non-hydrogen) atoms. The zero-order valence-electron chi connectivity index (χ0n) is 10.3. The van der Waals surface area contributed by atoms with E-state index in [0.29, 0.717) is 24.4 Å². The second kappa shape index (κ2) is 4.59. The van der Waals surface area contributed by atoms with Gasteiger partial charge >= 0.3 is 5.97 Å². The van der Waals surface area contributed by atoms with Gasteiger partial charge in [0.25, 0.3) is 0 Å². The molecule has 96 valence electrons. The maximum atomic E-state index is 11.2. The number of fused-ring (bicyclic) bond motifs is 1. The number of carboxylic acids is 1. The molecular formula is C11H15N5O2. The number of carbonyl (C=O) groups is 1. The highest BCUT2D eigenvalue weighted by atomic mass is 16.4. The zero-order valence-corrected chi connectivity index (χ0v) is 10.3. The van der Waals surface area contributed by atoms with E-state index in [0.717, 1.165) is 0 Å². The van der Waals surface area contributed by atoms with Crippen molar-refractivity contribution in [2.24, 2.45) is 5.41 Å². The highest BCUT2D eigenvalue weighted by Gasteiger charge is 2.31. The third kappa shape index (κ3) is 2.11. The van der Waals surface area contributed by atoms with E-state index < -0.39 is 11.4 Å². The predicted octanol–water partition coefficient (Wildman–Crippen LogP) is 1.04. The molecule has 2 aromatic rings. The quantitative estimate of drug-likeness (QED) is 0.822. The van der Waals surface area contributed by atoms with Crippen molar-refractivity contribution in [1.82, 2.24) is 19.6 Å². The van der Waals surface area contributed by atoms with Crippen molar-refractivity contribution >= 4 is 17.4 Å². The highest BCUT2D eigenvalue weighted by molar-refractivity contribution is 5.75. The summed E-state index contributed by atoms with van der Waals surface area (Å²) in [4.78, 5) is 15.3. The van der Waals surface area contributed by atoms with E-state index in [2.05, 4.69) is 20.5 Å². The third-order valence-corrected chi connectivity index (χ3v) is 3.16. The number of anilines is 1. The first-order valence-corrected chi connectivity index (χ1v) is 5.68. The van der Waals surface area contributed by atoms with E-state index in [-0.39, 0.29) is 0 Å². The molecule has 1 unspecified atom stereocenters. The molecule has 7 heteroatoms. The largest absolute Gasteiger partial charge is 0.481 e. The summed E-state index contributed by atoms with van der Waals surface area (Å²) < 4.78 is 1.72. The minimum Gasteiger partial charge on any atom is -0.481 e. The molecule has 0 saturated carbocycles. The second-order valence-electron chi connectivity index (χ2n) is 4.41. The van der Waals surface area contributed by atoms with Crippen molar-refractivity contribution in [3.05, 3.63) is 18.7 Å². The van der Waals surface area contributed by atoms with Gasteiger partial charge < -0.3 is 10.4 Å². The minimum atomic E-state index is -0.828. The van der Waals surface area contributed by atoms with Crippen LogP contribution >= 0.6 is 0 Å². The summed E-state index contributed by atoms with van der Waals surface area (Å²) in [6.45, 7) is 3.84. The van der Waals surface area contributed by atoms with Crippen LogP contribution in [0.4, 0.5) is 5.82 Å². The molecule has 0 fully saturated rings. The molecule has 0 aliphatic carbocycles. The highest BCUT2D eigenvalue weighted by Crippen LogP contribution is 2.22. The molecule has 2 rings (SSSR count). The van der Waals surface area contributed by atoms with Gasteiger partial charge in [-0.05, 0) is 13.3 Å². The van der Waals surface area contributed by atoms with Gasteiger partial charge in [0.05, 0.1) is 5.41 Å². The van der Waals surface area contributed by atoms with Crippen molar-refractivity contribution in [1.29, 1.82) is 0 Å². The minimum absolute atomic E-state index is 0.290. The fourth-order valence-corrected chi connectivity index (χ4v) is 1.51. The Morgan fingerprint density at radius 2 is 2.39 bits per heavy atom. The van der Waals surface area contributed by atoms with Crippen molar-refractivity contribution in [3.8, 4) is 0 Å². The number of hydrogen-bond acceptors (Lipinski definition) is 5. The number of hydrogen-bond donors (Lipinski definition) is 2. The number of nitrogens with zero attached hydrogens (tertiary/aromatic N) is 4. The van der Waals surface area contributed by atoms with Crippen LogP contribution in [0.2, 0.25) is 0 Å². The Labute approximate surface area is 104 Å². The van der Waals surface area contributed by atoms with Crippen LogP contribution in [0.25, 0.3) is 5.65 Å². The van der Waals surface area contributed by atoms with Crippen LogP contribution in [0.1, 0.15) is 20.3 Å². The van der Waals surface area contributed by atoms with Crippen LogP contribution in [0.3, 0.4) is 0 Å². The summed E-state index contributed by atoms with van der Waals surface area (Å²) in [5, 5.41) is 19.9. The van der Waals surface area contributed by atoms with Crippen LogP contribution in [-0.4, -0.2) is 37.2 Å². The van der Waals surface area contributed by atoms with Gasteiger partial charge in [-0.3, -0.25) is 9.20 Å². The van der Waals surface area contributed by atoms with E-state index in [9.17, 15) is 9.90 Å². The van der Waals surface area contributed by atoms with Gasteiger partial charge in [-0.15, -0.1) is 10.2 Å². The van der Waals surface area contributed by atoms with Crippen molar-refractivity contribution in [3.63, 3.8) is 0 Å². The SMILES string of the molecule is CCC(C)(CNc1nccn2cnnc12)C(=O)O. The standard InChI is InChI=1S/C11H15N5O2/c1-3-11(2,10(17)18)6-13-8-9-15-14-7-16(9)5-4-12-8/h4-5,7H,3,6H2,1-2H3,(H,12,13)(H,17,18). The molecule has 0 saturated heterocycles. The molecule has 0 amide bonds. The Kier molecular flexibility index (Phi) is 3.14. The number of nitrogens with one attached hydrogen (secondary N) is 1. The molecule has 7 nitrogen and oxygen atoms in total. The van der Waals surface area contributed by atoms with Crippen molar-refractivity contribution in [2.45, 2.75) is 20.3 Å². The molecule has 0 bridgehead atoms. The second-order valence-corrected chi connectivity index (χ2v) is 4.41. The van der Waals surface area contributed by atoms with Crippen LogP contribution in [0, 0.1) is 5.41 Å². The van der Waals surface area contributed by atoms with Crippen LogP contribution < -0.4 is 5.32 Å². The average molecular weight is 249 g/mol. The number of rotatable bonds is 5. The lowest BCUT2D eigenvalue weighted by atomic mass is 9.88. The lowest BCUT2D eigenvalue weighted by molar-refractivity contribution is -0.147. The van der Waals surface area contributed by atoms with Gasteiger partial charge in [0, 0.05) is 18.9 Å². The summed E-state index contributed by atoms with van der Waals surface area (Å²) in [5.41, 5.74) is -0.240. The first-order valence-electron chi connectivity index (χ1n) is 5.68. The Morgan fingerprint density at radius 3 is 3.06 bits per heavy atom. The number of carboxylic acid groups (broad SMARTS) is 1. The van der Waals surface area contributed by atoms with E-state index in [4.69, 9.17) is 0 Å². The van der Waals surface area contributed by atoms with Crippen LogP contribution in [0.5, 0.6) is 0 Å². The molecule has 1 atom stereocenters. The summed E-state index contributed by atoms with van der Waals surface area (Å²) in [6.07, 6.45) is 5.45. The summed E-state index contributed by atoms with van der Waals surface area (Å²) in [6, 6.07) is 0. The first-order chi connectivity index (χ1) is 8.57. The molecule has 2 heterocycles. The monoisotopic (exact) mass is 249 g/mol. The van der Waals surface area contributed by atoms with Gasteiger partial charge in [0.15, 0.2) is 5.82 Å². The fourth-order valence-electron chi connectivity index (χ4n) is 1.51. The van der Waals surface area contributed by atoms with Crippen LogP contribution in [-0.2, 0) is 4.79 Å². The van der Waals surface area contributed by atoms with E-state index in [1.54, 1.807) is 30.0 Å². The van der Waals surface area contributed by atoms with E-state index in [1.165, 1.54) is 0 Å². The lowest BCUT2D eigenvalue weighted by Gasteiger charge is -2.23. The lowest BCUT2D eigenvalue weighted by Crippen LogP contribution is -2.34. The normalized spacial score (nSPS) is 14.3. The van der Waals surface area contributed by atoms with Gasteiger partial charge in [0.2, 0.25) is 5.65 Å².